The Bertz CT molecular complexity index is 1300. The van der Waals surface area contributed by atoms with Gasteiger partial charge in [0.2, 0.25) is 5.91 Å². The molecule has 1 heterocycles. The van der Waals surface area contributed by atoms with Gasteiger partial charge in [-0.3, -0.25) is 9.59 Å². The highest BCUT2D eigenvalue weighted by Crippen LogP contribution is 2.44. The van der Waals surface area contributed by atoms with Crippen molar-refractivity contribution in [1.29, 1.82) is 0 Å². The molecule has 2 N–H and O–H groups in total. The molecule has 0 aliphatic carbocycles. The fourth-order valence-corrected chi connectivity index (χ4v) is 4.30. The molecule has 0 aromatic heterocycles. The molecule has 1 aliphatic heterocycles. The van der Waals surface area contributed by atoms with Crippen molar-refractivity contribution < 1.29 is 14.3 Å². The van der Waals surface area contributed by atoms with Crippen LogP contribution in [0.25, 0.3) is 10.8 Å². The predicted octanol–water partition coefficient (Wildman–Crippen LogP) is 5.33. The number of nitrogens with one attached hydrogen (secondary N) is 2. The fourth-order valence-electron chi connectivity index (χ4n) is 4.30. The van der Waals surface area contributed by atoms with Crippen LogP contribution in [0.2, 0.25) is 0 Å². The summed E-state index contributed by atoms with van der Waals surface area (Å²) in [5.74, 6) is 0.167. The molecule has 5 rings (SSSR count). The first-order valence-corrected chi connectivity index (χ1v) is 10.6. The number of ether oxygens (including phenoxy) is 1. The van der Waals surface area contributed by atoms with Crippen molar-refractivity contribution in [3.05, 3.63) is 102 Å². The van der Waals surface area contributed by atoms with Gasteiger partial charge in [-0.15, -0.1) is 0 Å². The van der Waals surface area contributed by atoms with Crippen molar-refractivity contribution >= 4 is 34.0 Å². The van der Waals surface area contributed by atoms with Gasteiger partial charge in [0.15, 0.2) is 6.61 Å². The summed E-state index contributed by atoms with van der Waals surface area (Å²) in [5.41, 5.74) is 3.51. The molecule has 0 saturated heterocycles. The van der Waals surface area contributed by atoms with Crippen LogP contribution in [0.4, 0.5) is 11.4 Å². The molecule has 4 aromatic rings. The molecule has 0 spiro atoms. The van der Waals surface area contributed by atoms with Crippen LogP contribution in [-0.2, 0) is 9.59 Å². The lowest BCUT2D eigenvalue weighted by atomic mass is 9.81. The van der Waals surface area contributed by atoms with Crippen molar-refractivity contribution in [3.8, 4) is 5.75 Å². The molecule has 5 nitrogen and oxygen atoms in total. The molecule has 158 valence electrons. The van der Waals surface area contributed by atoms with Gasteiger partial charge in [0, 0.05) is 29.3 Å². The minimum atomic E-state index is -0.238. The van der Waals surface area contributed by atoms with Gasteiger partial charge in [0.25, 0.3) is 5.91 Å². The van der Waals surface area contributed by atoms with E-state index in [1.165, 1.54) is 0 Å². The number of carbonyl (C=O) groups excluding carboxylic acids is 2. The van der Waals surface area contributed by atoms with Gasteiger partial charge in [0.1, 0.15) is 5.75 Å². The molecule has 32 heavy (non-hydrogen) atoms. The molecular formula is C27H22N2O3. The Morgan fingerprint density at radius 2 is 1.66 bits per heavy atom. The lowest BCUT2D eigenvalue weighted by Crippen LogP contribution is -2.25. The molecule has 5 heteroatoms. The minimum Gasteiger partial charge on any atom is -0.483 e. The van der Waals surface area contributed by atoms with E-state index in [9.17, 15) is 9.59 Å². The number of fused-ring (bicyclic) bond motifs is 3. The Hall–Kier alpha value is -4.12. The van der Waals surface area contributed by atoms with Crippen LogP contribution in [-0.4, -0.2) is 18.4 Å². The molecule has 1 unspecified atom stereocenters. The first-order chi connectivity index (χ1) is 15.7. The summed E-state index contributed by atoms with van der Waals surface area (Å²) in [4.78, 5) is 24.9. The van der Waals surface area contributed by atoms with E-state index in [1.54, 1.807) is 0 Å². The van der Waals surface area contributed by atoms with E-state index in [0.29, 0.717) is 12.2 Å². The van der Waals surface area contributed by atoms with E-state index in [4.69, 9.17) is 4.74 Å². The second kappa shape index (κ2) is 8.55. The normalized spacial score (nSPS) is 15.0. The number of rotatable bonds is 5. The summed E-state index contributed by atoms with van der Waals surface area (Å²) in [6.45, 7) is -0.118. The Kier molecular flexibility index (Phi) is 5.30. The van der Waals surface area contributed by atoms with Crippen LogP contribution >= 0.6 is 0 Å². The quantitative estimate of drug-likeness (QED) is 0.457. The first kappa shape index (κ1) is 19.8. The molecule has 0 bridgehead atoms. The third-order valence-corrected chi connectivity index (χ3v) is 5.69. The van der Waals surface area contributed by atoms with Gasteiger partial charge in [-0.05, 0) is 40.6 Å². The van der Waals surface area contributed by atoms with Crippen molar-refractivity contribution in [1.82, 2.24) is 0 Å². The molecule has 1 aliphatic rings. The molecule has 1 atom stereocenters. The van der Waals surface area contributed by atoms with E-state index < -0.39 is 0 Å². The van der Waals surface area contributed by atoms with Crippen LogP contribution in [0, 0.1) is 0 Å². The third kappa shape index (κ3) is 3.93. The molecule has 0 radical (unpaired) electrons. The standard InChI is InChI=1S/C27H22N2O3/c30-25-16-22(27-20-11-5-4-8-18(20)14-15-23(27)29-25)21-12-6-7-13-24(21)32-17-26(31)28-19-9-2-1-3-10-19/h1-15,22H,16-17H2,(H,28,31)(H,29,30). The molecule has 0 fully saturated rings. The predicted molar refractivity (Wildman–Crippen MR) is 126 cm³/mol. The second-order valence-electron chi connectivity index (χ2n) is 7.79. The van der Waals surface area contributed by atoms with Gasteiger partial charge in [0.05, 0.1) is 0 Å². The summed E-state index contributed by atoms with van der Waals surface area (Å²) in [6, 6.07) is 29.0. The van der Waals surface area contributed by atoms with Gasteiger partial charge in [-0.1, -0.05) is 66.7 Å². The molecule has 2 amide bonds. The van der Waals surface area contributed by atoms with E-state index in [-0.39, 0.29) is 24.3 Å². The maximum Gasteiger partial charge on any atom is 0.262 e. The number of carbonyl (C=O) groups is 2. The maximum atomic E-state index is 12.5. The lowest BCUT2D eigenvalue weighted by molar-refractivity contribution is -0.118. The van der Waals surface area contributed by atoms with Crippen LogP contribution in [0.3, 0.4) is 0 Å². The number of amides is 2. The molecule has 4 aromatic carbocycles. The zero-order valence-electron chi connectivity index (χ0n) is 17.4. The third-order valence-electron chi connectivity index (χ3n) is 5.69. The van der Waals surface area contributed by atoms with Crippen LogP contribution in [0.1, 0.15) is 23.5 Å². The van der Waals surface area contributed by atoms with Crippen LogP contribution in [0.5, 0.6) is 5.75 Å². The first-order valence-electron chi connectivity index (χ1n) is 10.6. The maximum absolute atomic E-state index is 12.5. The molecule has 0 saturated carbocycles. The average molecular weight is 422 g/mol. The van der Waals surface area contributed by atoms with Crippen molar-refractivity contribution in [3.63, 3.8) is 0 Å². The second-order valence-corrected chi connectivity index (χ2v) is 7.79. The summed E-state index contributed by atoms with van der Waals surface area (Å²) in [5, 5.41) is 8.06. The largest absolute Gasteiger partial charge is 0.483 e. The zero-order valence-corrected chi connectivity index (χ0v) is 17.4. The van der Waals surface area contributed by atoms with Crippen molar-refractivity contribution in [2.75, 3.05) is 17.2 Å². The minimum absolute atomic E-state index is 0.0330. The summed E-state index contributed by atoms with van der Waals surface area (Å²) in [7, 11) is 0. The highest BCUT2D eigenvalue weighted by Gasteiger charge is 2.30. The number of benzene rings is 4. The number of hydrogen-bond donors (Lipinski definition) is 2. The summed E-state index contributed by atoms with van der Waals surface area (Å²) < 4.78 is 5.94. The Morgan fingerprint density at radius 3 is 2.53 bits per heavy atom. The Labute approximate surface area is 186 Å². The zero-order chi connectivity index (χ0) is 21.9. The van der Waals surface area contributed by atoms with E-state index in [2.05, 4.69) is 22.8 Å². The van der Waals surface area contributed by atoms with Crippen molar-refractivity contribution in [2.24, 2.45) is 0 Å². The average Bonchev–Trinajstić information content (AvgIpc) is 2.83. The number of para-hydroxylation sites is 2. The molecular weight excluding hydrogens is 400 g/mol. The monoisotopic (exact) mass is 422 g/mol. The highest BCUT2D eigenvalue weighted by molar-refractivity contribution is 6.01. The fraction of sp³-hybridized carbons (Fsp3) is 0.111. The summed E-state index contributed by atoms with van der Waals surface area (Å²) >= 11 is 0. The highest BCUT2D eigenvalue weighted by atomic mass is 16.5. The van der Waals surface area contributed by atoms with E-state index in [1.807, 2.05) is 78.9 Å². The smallest absolute Gasteiger partial charge is 0.262 e. The van der Waals surface area contributed by atoms with Gasteiger partial charge >= 0.3 is 0 Å². The van der Waals surface area contributed by atoms with Crippen molar-refractivity contribution in [2.45, 2.75) is 12.3 Å². The van der Waals surface area contributed by atoms with Gasteiger partial charge < -0.3 is 15.4 Å². The van der Waals surface area contributed by atoms with Crippen LogP contribution in [0.15, 0.2) is 91.0 Å². The topological polar surface area (TPSA) is 67.4 Å². The Morgan fingerprint density at radius 1 is 0.906 bits per heavy atom. The van der Waals surface area contributed by atoms with E-state index in [0.717, 1.165) is 33.3 Å². The lowest BCUT2D eigenvalue weighted by Gasteiger charge is -2.28. The number of anilines is 2. The van der Waals surface area contributed by atoms with Gasteiger partial charge in [-0.25, -0.2) is 0 Å². The Balaban J connectivity index is 1.46. The van der Waals surface area contributed by atoms with E-state index >= 15 is 0 Å². The SMILES string of the molecule is O=C(COc1ccccc1C1CC(=O)Nc2ccc3ccccc3c21)Nc1ccccc1. The van der Waals surface area contributed by atoms with Gasteiger partial charge in [-0.2, -0.15) is 0 Å². The summed E-state index contributed by atoms with van der Waals surface area (Å²) in [6.07, 6.45) is 0.317. The van der Waals surface area contributed by atoms with Crippen LogP contribution < -0.4 is 15.4 Å². The number of hydrogen-bond acceptors (Lipinski definition) is 3.